The molecule has 1 aromatic carbocycles. The van der Waals surface area contributed by atoms with Crippen LogP contribution in [-0.4, -0.2) is 34.8 Å². The lowest BCUT2D eigenvalue weighted by Gasteiger charge is -2.32. The molecule has 1 aromatic heterocycles. The third-order valence-corrected chi connectivity index (χ3v) is 4.85. The number of aromatic nitrogens is 1. The van der Waals surface area contributed by atoms with E-state index in [0.29, 0.717) is 31.5 Å². The average Bonchev–Trinajstić information content (AvgIpc) is 2.69. The van der Waals surface area contributed by atoms with E-state index in [0.717, 1.165) is 18.4 Å². The molecular formula is C21H24FN3O2. The molecule has 1 fully saturated rings. The quantitative estimate of drug-likeness (QED) is 0.764. The Morgan fingerprint density at radius 3 is 2.89 bits per heavy atom. The molecule has 2 heterocycles. The van der Waals surface area contributed by atoms with Crippen molar-refractivity contribution in [3.8, 4) is 0 Å². The molecule has 0 aliphatic carbocycles. The minimum atomic E-state index is -0.327. The third kappa shape index (κ3) is 5.36. The number of nitrogens with zero attached hydrogens (tertiary/aromatic N) is 2. The van der Waals surface area contributed by atoms with Crippen molar-refractivity contribution in [2.75, 3.05) is 13.1 Å². The monoisotopic (exact) mass is 369 g/mol. The van der Waals surface area contributed by atoms with Crippen molar-refractivity contribution < 1.29 is 14.0 Å². The van der Waals surface area contributed by atoms with Gasteiger partial charge in [-0.2, -0.15) is 0 Å². The van der Waals surface area contributed by atoms with Gasteiger partial charge in [-0.15, -0.1) is 0 Å². The predicted octanol–water partition coefficient (Wildman–Crippen LogP) is 2.71. The number of halogens is 1. The lowest BCUT2D eigenvalue weighted by atomic mass is 9.96. The Morgan fingerprint density at radius 1 is 1.26 bits per heavy atom. The number of hydrogen-bond acceptors (Lipinski definition) is 3. The van der Waals surface area contributed by atoms with Crippen LogP contribution in [0.3, 0.4) is 0 Å². The Morgan fingerprint density at radius 2 is 2.11 bits per heavy atom. The largest absolute Gasteiger partial charge is 0.356 e. The highest BCUT2D eigenvalue weighted by Crippen LogP contribution is 2.21. The van der Waals surface area contributed by atoms with Crippen molar-refractivity contribution in [3.05, 3.63) is 65.7 Å². The highest BCUT2D eigenvalue weighted by molar-refractivity contribution is 5.83. The summed E-state index contributed by atoms with van der Waals surface area (Å²) in [7, 11) is 0. The van der Waals surface area contributed by atoms with Crippen LogP contribution in [0.15, 0.2) is 48.8 Å². The highest BCUT2D eigenvalue weighted by atomic mass is 19.1. The average molecular weight is 369 g/mol. The smallest absolute Gasteiger partial charge is 0.224 e. The van der Waals surface area contributed by atoms with E-state index in [9.17, 15) is 14.0 Å². The molecule has 142 valence electrons. The molecule has 5 nitrogen and oxygen atoms in total. The van der Waals surface area contributed by atoms with Crippen molar-refractivity contribution >= 4 is 11.8 Å². The second kappa shape index (κ2) is 9.26. The molecule has 0 saturated carbocycles. The van der Waals surface area contributed by atoms with Crippen LogP contribution >= 0.6 is 0 Å². The second-order valence-corrected chi connectivity index (χ2v) is 6.86. The maximum atomic E-state index is 13.9. The molecule has 1 unspecified atom stereocenters. The number of piperidine rings is 1. The fourth-order valence-corrected chi connectivity index (χ4v) is 3.31. The fraction of sp³-hybridized carbons (Fsp3) is 0.381. The first-order chi connectivity index (χ1) is 13.1. The normalized spacial score (nSPS) is 17.0. The van der Waals surface area contributed by atoms with Crippen LogP contribution in [0.1, 0.15) is 30.4 Å². The predicted molar refractivity (Wildman–Crippen MR) is 100 cm³/mol. The number of aryl methyl sites for hydroxylation is 1. The first-order valence-corrected chi connectivity index (χ1v) is 9.31. The number of hydrogen-bond donors (Lipinski definition) is 1. The SMILES string of the molecule is O=C(NCCCc1cccnc1)C1CCC(=O)N(Cc2ccccc2F)C1. The molecular weight excluding hydrogens is 345 g/mol. The number of amides is 2. The lowest BCUT2D eigenvalue weighted by molar-refractivity contribution is -0.138. The minimum Gasteiger partial charge on any atom is -0.356 e. The van der Waals surface area contributed by atoms with Gasteiger partial charge < -0.3 is 10.2 Å². The Balaban J connectivity index is 1.47. The van der Waals surface area contributed by atoms with E-state index in [1.807, 2.05) is 18.3 Å². The summed E-state index contributed by atoms with van der Waals surface area (Å²) in [5.41, 5.74) is 1.62. The Bertz CT molecular complexity index is 782. The van der Waals surface area contributed by atoms with Crippen LogP contribution in [0.5, 0.6) is 0 Å². The van der Waals surface area contributed by atoms with Crippen LogP contribution < -0.4 is 5.32 Å². The highest BCUT2D eigenvalue weighted by Gasteiger charge is 2.30. The lowest BCUT2D eigenvalue weighted by Crippen LogP contribution is -2.45. The van der Waals surface area contributed by atoms with Gasteiger partial charge in [-0.05, 0) is 37.0 Å². The van der Waals surface area contributed by atoms with E-state index in [2.05, 4.69) is 10.3 Å². The van der Waals surface area contributed by atoms with Crippen LogP contribution in [0.4, 0.5) is 4.39 Å². The van der Waals surface area contributed by atoms with Gasteiger partial charge in [0.25, 0.3) is 0 Å². The van der Waals surface area contributed by atoms with E-state index in [-0.39, 0.29) is 30.1 Å². The van der Waals surface area contributed by atoms with Gasteiger partial charge in [0.2, 0.25) is 11.8 Å². The van der Waals surface area contributed by atoms with Crippen LogP contribution in [0.2, 0.25) is 0 Å². The third-order valence-electron chi connectivity index (χ3n) is 4.85. The van der Waals surface area contributed by atoms with Crippen molar-refractivity contribution in [1.29, 1.82) is 0 Å². The number of nitrogens with one attached hydrogen (secondary N) is 1. The molecule has 1 atom stereocenters. The van der Waals surface area contributed by atoms with E-state index in [1.54, 1.807) is 29.3 Å². The van der Waals surface area contributed by atoms with Gasteiger partial charge in [-0.3, -0.25) is 14.6 Å². The molecule has 27 heavy (non-hydrogen) atoms. The molecule has 1 saturated heterocycles. The summed E-state index contributed by atoms with van der Waals surface area (Å²) < 4.78 is 13.9. The zero-order valence-electron chi connectivity index (χ0n) is 15.2. The molecule has 1 N–H and O–H groups in total. The first-order valence-electron chi connectivity index (χ1n) is 9.31. The summed E-state index contributed by atoms with van der Waals surface area (Å²) in [5.74, 6) is -0.633. The Labute approximate surface area is 158 Å². The van der Waals surface area contributed by atoms with Gasteiger partial charge >= 0.3 is 0 Å². The van der Waals surface area contributed by atoms with Gasteiger partial charge in [0.15, 0.2) is 0 Å². The summed E-state index contributed by atoms with van der Waals surface area (Å²) in [5, 5.41) is 2.96. The van der Waals surface area contributed by atoms with Gasteiger partial charge in [0.05, 0.1) is 5.92 Å². The van der Waals surface area contributed by atoms with E-state index < -0.39 is 0 Å². The van der Waals surface area contributed by atoms with Crippen molar-refractivity contribution in [2.45, 2.75) is 32.2 Å². The molecule has 2 aromatic rings. The number of pyridine rings is 1. The standard InChI is InChI=1S/C21H24FN3O2/c22-19-8-2-1-7-17(19)14-25-15-18(9-10-20(25)26)21(27)24-12-4-6-16-5-3-11-23-13-16/h1-3,5,7-8,11,13,18H,4,6,9-10,12,14-15H2,(H,24,27). The molecule has 3 rings (SSSR count). The van der Waals surface area contributed by atoms with Gasteiger partial charge in [-0.1, -0.05) is 24.3 Å². The zero-order valence-corrected chi connectivity index (χ0v) is 15.2. The first kappa shape index (κ1) is 19.0. The summed E-state index contributed by atoms with van der Waals surface area (Å²) in [6.07, 6.45) is 6.12. The summed E-state index contributed by atoms with van der Waals surface area (Å²) in [6.45, 7) is 1.13. The summed E-state index contributed by atoms with van der Waals surface area (Å²) in [4.78, 5) is 30.3. The zero-order chi connectivity index (χ0) is 19.1. The Kier molecular flexibility index (Phi) is 6.52. The van der Waals surface area contributed by atoms with Crippen LogP contribution in [0.25, 0.3) is 0 Å². The number of carbonyl (C=O) groups is 2. The van der Waals surface area contributed by atoms with Crippen molar-refractivity contribution in [1.82, 2.24) is 15.2 Å². The van der Waals surface area contributed by atoms with E-state index >= 15 is 0 Å². The topological polar surface area (TPSA) is 62.3 Å². The Hall–Kier alpha value is -2.76. The summed E-state index contributed by atoms with van der Waals surface area (Å²) >= 11 is 0. The molecule has 6 heteroatoms. The minimum absolute atomic E-state index is 0.0288. The van der Waals surface area contributed by atoms with Gasteiger partial charge in [-0.25, -0.2) is 4.39 Å². The molecule has 0 radical (unpaired) electrons. The fourth-order valence-electron chi connectivity index (χ4n) is 3.31. The number of rotatable bonds is 7. The molecule has 1 aliphatic rings. The van der Waals surface area contributed by atoms with E-state index in [1.165, 1.54) is 6.07 Å². The maximum Gasteiger partial charge on any atom is 0.224 e. The maximum absolute atomic E-state index is 13.9. The number of benzene rings is 1. The molecule has 1 aliphatic heterocycles. The van der Waals surface area contributed by atoms with E-state index in [4.69, 9.17) is 0 Å². The van der Waals surface area contributed by atoms with Crippen molar-refractivity contribution in [3.63, 3.8) is 0 Å². The molecule has 0 spiro atoms. The van der Waals surface area contributed by atoms with Gasteiger partial charge in [0, 0.05) is 44.0 Å². The second-order valence-electron chi connectivity index (χ2n) is 6.86. The summed E-state index contributed by atoms with van der Waals surface area (Å²) in [6, 6.07) is 10.3. The van der Waals surface area contributed by atoms with Crippen molar-refractivity contribution in [2.24, 2.45) is 5.92 Å². The molecule has 0 bridgehead atoms. The van der Waals surface area contributed by atoms with Crippen LogP contribution in [0, 0.1) is 11.7 Å². The molecule has 2 amide bonds. The number of carbonyl (C=O) groups excluding carboxylic acids is 2. The van der Waals surface area contributed by atoms with Crippen LogP contribution in [-0.2, 0) is 22.6 Å². The number of likely N-dealkylation sites (tertiary alicyclic amines) is 1. The van der Waals surface area contributed by atoms with Gasteiger partial charge in [0.1, 0.15) is 5.82 Å².